The second-order valence-corrected chi connectivity index (χ2v) is 4.72. The van der Waals surface area contributed by atoms with Crippen LogP contribution >= 0.6 is 0 Å². The van der Waals surface area contributed by atoms with E-state index in [0.29, 0.717) is 12.1 Å². The third-order valence-corrected chi connectivity index (χ3v) is 3.35. The highest BCUT2D eigenvalue weighted by Crippen LogP contribution is 2.23. The van der Waals surface area contributed by atoms with Gasteiger partial charge in [0.25, 0.3) is 0 Å². The quantitative estimate of drug-likeness (QED) is 0.821. The van der Waals surface area contributed by atoms with E-state index in [1.165, 1.54) is 5.69 Å². The molecule has 0 amide bonds. The molecule has 1 aliphatic rings. The summed E-state index contributed by atoms with van der Waals surface area (Å²) < 4.78 is 7.62. The van der Waals surface area contributed by atoms with Crippen LogP contribution in [0.2, 0.25) is 0 Å². The van der Waals surface area contributed by atoms with Gasteiger partial charge in [-0.15, -0.1) is 0 Å². The van der Waals surface area contributed by atoms with E-state index in [1.54, 1.807) is 0 Å². The standard InChI is InChI=1S/C13H23N3O/c1-4-16-12(6-10(3)15-16)9-14-11-7-13(8-11)17-5-2/h6,11,13-14H,4-5,7-9H2,1-3H3. The summed E-state index contributed by atoms with van der Waals surface area (Å²) >= 11 is 0. The molecule has 0 aliphatic heterocycles. The van der Waals surface area contributed by atoms with Gasteiger partial charge in [0.05, 0.1) is 17.5 Å². The molecular weight excluding hydrogens is 214 g/mol. The SMILES string of the molecule is CCOC1CC(NCc2cc(C)nn2CC)C1. The van der Waals surface area contributed by atoms with Crippen LogP contribution in [-0.4, -0.2) is 28.5 Å². The first kappa shape index (κ1) is 12.6. The largest absolute Gasteiger partial charge is 0.378 e. The fourth-order valence-electron chi connectivity index (χ4n) is 2.37. The number of aryl methyl sites for hydroxylation is 2. The number of ether oxygens (including phenoxy) is 1. The van der Waals surface area contributed by atoms with Gasteiger partial charge in [-0.2, -0.15) is 5.10 Å². The maximum atomic E-state index is 5.55. The minimum absolute atomic E-state index is 0.482. The molecule has 1 aliphatic carbocycles. The van der Waals surface area contributed by atoms with E-state index >= 15 is 0 Å². The van der Waals surface area contributed by atoms with E-state index in [-0.39, 0.29) is 0 Å². The van der Waals surface area contributed by atoms with Crippen molar-refractivity contribution in [1.29, 1.82) is 0 Å². The minimum atomic E-state index is 0.482. The predicted octanol–water partition coefficient (Wildman–Crippen LogP) is 1.87. The van der Waals surface area contributed by atoms with Crippen LogP contribution in [0.1, 0.15) is 38.1 Å². The zero-order valence-electron chi connectivity index (χ0n) is 11.1. The zero-order valence-corrected chi connectivity index (χ0v) is 11.1. The van der Waals surface area contributed by atoms with Gasteiger partial charge in [-0.25, -0.2) is 0 Å². The Labute approximate surface area is 103 Å². The maximum Gasteiger partial charge on any atom is 0.0604 e. The zero-order chi connectivity index (χ0) is 12.3. The number of hydrogen-bond donors (Lipinski definition) is 1. The van der Waals surface area contributed by atoms with Crippen LogP contribution in [0.5, 0.6) is 0 Å². The van der Waals surface area contributed by atoms with Crippen molar-refractivity contribution in [2.75, 3.05) is 6.61 Å². The Morgan fingerprint density at radius 1 is 1.47 bits per heavy atom. The topological polar surface area (TPSA) is 39.1 Å². The van der Waals surface area contributed by atoms with Crippen LogP contribution in [-0.2, 0) is 17.8 Å². The number of rotatable bonds is 6. The van der Waals surface area contributed by atoms with E-state index in [9.17, 15) is 0 Å². The molecule has 4 heteroatoms. The van der Waals surface area contributed by atoms with Crippen LogP contribution in [0.25, 0.3) is 0 Å². The predicted molar refractivity (Wildman–Crippen MR) is 67.9 cm³/mol. The molecule has 17 heavy (non-hydrogen) atoms. The van der Waals surface area contributed by atoms with Crippen LogP contribution in [0.15, 0.2) is 6.07 Å². The Bertz CT molecular complexity index is 356. The fraction of sp³-hybridized carbons (Fsp3) is 0.769. The summed E-state index contributed by atoms with van der Waals surface area (Å²) in [5.74, 6) is 0. The lowest BCUT2D eigenvalue weighted by atomic mass is 9.89. The van der Waals surface area contributed by atoms with Crippen molar-refractivity contribution in [3.8, 4) is 0 Å². The summed E-state index contributed by atoms with van der Waals surface area (Å²) in [4.78, 5) is 0. The van der Waals surface area contributed by atoms with Crippen molar-refractivity contribution in [1.82, 2.24) is 15.1 Å². The van der Waals surface area contributed by atoms with Gasteiger partial charge in [0.2, 0.25) is 0 Å². The number of hydrogen-bond acceptors (Lipinski definition) is 3. The number of nitrogens with one attached hydrogen (secondary N) is 1. The van der Waals surface area contributed by atoms with Crippen molar-refractivity contribution in [2.45, 2.75) is 58.8 Å². The Kier molecular flexibility index (Phi) is 4.18. The van der Waals surface area contributed by atoms with Crippen LogP contribution < -0.4 is 5.32 Å². The molecule has 0 atom stereocenters. The van der Waals surface area contributed by atoms with Crippen molar-refractivity contribution in [3.63, 3.8) is 0 Å². The molecule has 1 fully saturated rings. The molecule has 1 saturated carbocycles. The summed E-state index contributed by atoms with van der Waals surface area (Å²) in [6.07, 6.45) is 2.77. The van der Waals surface area contributed by atoms with E-state index in [1.807, 2.05) is 6.92 Å². The molecule has 0 saturated heterocycles. The van der Waals surface area contributed by atoms with Gasteiger partial charge >= 0.3 is 0 Å². The van der Waals surface area contributed by atoms with E-state index < -0.39 is 0 Å². The molecule has 1 heterocycles. The van der Waals surface area contributed by atoms with Crippen LogP contribution in [0.3, 0.4) is 0 Å². The van der Waals surface area contributed by atoms with Gasteiger partial charge in [-0.1, -0.05) is 0 Å². The normalized spacial score (nSPS) is 23.7. The highest BCUT2D eigenvalue weighted by atomic mass is 16.5. The molecule has 0 spiro atoms. The van der Waals surface area contributed by atoms with Crippen molar-refractivity contribution < 1.29 is 4.74 Å². The molecule has 4 nitrogen and oxygen atoms in total. The average Bonchev–Trinajstić information content (AvgIpc) is 2.62. The first-order valence-electron chi connectivity index (χ1n) is 6.61. The van der Waals surface area contributed by atoms with E-state index in [2.05, 4.69) is 35.0 Å². The summed E-state index contributed by atoms with van der Waals surface area (Å²) in [6, 6.07) is 2.78. The Morgan fingerprint density at radius 2 is 2.24 bits per heavy atom. The summed E-state index contributed by atoms with van der Waals surface area (Å²) in [5.41, 5.74) is 2.38. The van der Waals surface area contributed by atoms with Crippen molar-refractivity contribution in [3.05, 3.63) is 17.5 Å². The summed E-state index contributed by atoms with van der Waals surface area (Å²) in [5, 5.41) is 8.02. The first-order chi connectivity index (χ1) is 8.22. The molecule has 0 aromatic carbocycles. The summed E-state index contributed by atoms with van der Waals surface area (Å²) in [6.45, 7) is 8.92. The second-order valence-electron chi connectivity index (χ2n) is 4.72. The Balaban J connectivity index is 1.75. The lowest BCUT2D eigenvalue weighted by Crippen LogP contribution is -2.45. The first-order valence-corrected chi connectivity index (χ1v) is 6.61. The molecule has 96 valence electrons. The lowest BCUT2D eigenvalue weighted by Gasteiger charge is -2.35. The van der Waals surface area contributed by atoms with Gasteiger partial charge in [0.15, 0.2) is 0 Å². The van der Waals surface area contributed by atoms with Gasteiger partial charge in [-0.3, -0.25) is 4.68 Å². The Morgan fingerprint density at radius 3 is 2.88 bits per heavy atom. The van der Waals surface area contributed by atoms with Crippen LogP contribution in [0.4, 0.5) is 0 Å². The van der Waals surface area contributed by atoms with Gasteiger partial charge < -0.3 is 10.1 Å². The highest BCUT2D eigenvalue weighted by molar-refractivity contribution is 5.09. The molecule has 1 aromatic heterocycles. The van der Waals surface area contributed by atoms with Gasteiger partial charge in [0.1, 0.15) is 0 Å². The minimum Gasteiger partial charge on any atom is -0.378 e. The second kappa shape index (κ2) is 5.65. The Hall–Kier alpha value is -0.870. The van der Waals surface area contributed by atoms with E-state index in [0.717, 1.165) is 38.2 Å². The van der Waals surface area contributed by atoms with Crippen molar-refractivity contribution in [2.24, 2.45) is 0 Å². The molecular formula is C13H23N3O. The molecule has 0 bridgehead atoms. The fourth-order valence-corrected chi connectivity index (χ4v) is 2.37. The third-order valence-electron chi connectivity index (χ3n) is 3.35. The molecule has 2 rings (SSSR count). The van der Waals surface area contributed by atoms with Gasteiger partial charge in [0, 0.05) is 25.7 Å². The van der Waals surface area contributed by atoms with E-state index in [4.69, 9.17) is 4.74 Å². The smallest absolute Gasteiger partial charge is 0.0604 e. The molecule has 1 aromatic rings. The van der Waals surface area contributed by atoms with Crippen molar-refractivity contribution >= 4 is 0 Å². The summed E-state index contributed by atoms with van der Waals surface area (Å²) in [7, 11) is 0. The lowest BCUT2D eigenvalue weighted by molar-refractivity contribution is -0.0103. The number of nitrogens with zero attached hydrogens (tertiary/aromatic N) is 2. The monoisotopic (exact) mass is 237 g/mol. The molecule has 0 unspecified atom stereocenters. The van der Waals surface area contributed by atoms with Crippen LogP contribution in [0, 0.1) is 6.92 Å². The maximum absolute atomic E-state index is 5.55. The molecule has 1 N–H and O–H groups in total. The average molecular weight is 237 g/mol. The molecule has 0 radical (unpaired) electrons. The number of aromatic nitrogens is 2. The van der Waals surface area contributed by atoms with Gasteiger partial charge in [-0.05, 0) is 39.7 Å². The highest BCUT2D eigenvalue weighted by Gasteiger charge is 2.29. The third kappa shape index (κ3) is 3.07.